The van der Waals surface area contributed by atoms with Crippen molar-refractivity contribution in [2.45, 2.75) is 38.9 Å². The molecule has 2 aliphatic heterocycles. The smallest absolute Gasteiger partial charge is 0.399 e. The summed E-state index contributed by atoms with van der Waals surface area (Å²) in [5.74, 6) is 0. The normalized spacial score (nSPS) is 17.0. The van der Waals surface area contributed by atoms with Gasteiger partial charge in [-0.2, -0.15) is 0 Å². The standard InChI is InChI=1S/C40H35BN2O2Si/c1-39(2)40(3,4)45-41(44-39)30-19-14-22-32(27-30)46(31-20-12-7-13-21-31)37-33(23-25-35(42-37)28-15-8-5-9-16-28)34-24-26-36(43-38(34)46)29-17-10-6-11-18-29/h5-27H,1-4H3. The third-order valence-corrected chi connectivity index (χ3v) is 14.5. The Kier molecular flexibility index (Phi) is 6.73. The number of nitrogens with zero attached hydrogens (tertiary/aromatic N) is 2. The Morgan fingerprint density at radius 3 is 1.46 bits per heavy atom. The third-order valence-electron chi connectivity index (χ3n) is 9.98. The first-order valence-corrected chi connectivity index (χ1v) is 17.9. The fraction of sp³-hybridized carbons (Fsp3) is 0.150. The van der Waals surface area contributed by atoms with Gasteiger partial charge in [-0.3, -0.25) is 9.97 Å². The lowest BCUT2D eigenvalue weighted by atomic mass is 9.79. The van der Waals surface area contributed by atoms with E-state index in [9.17, 15) is 0 Å². The number of fused-ring (bicyclic) bond motifs is 3. The Bertz CT molecular complexity index is 1960. The van der Waals surface area contributed by atoms with Gasteiger partial charge in [0.15, 0.2) is 0 Å². The summed E-state index contributed by atoms with van der Waals surface area (Å²) in [4.78, 5) is 11.2. The zero-order valence-electron chi connectivity index (χ0n) is 26.6. The summed E-state index contributed by atoms with van der Waals surface area (Å²) >= 11 is 0. The van der Waals surface area contributed by atoms with E-state index >= 15 is 0 Å². The Labute approximate surface area is 272 Å². The van der Waals surface area contributed by atoms with Gasteiger partial charge in [-0.25, -0.2) is 0 Å². The molecule has 0 spiro atoms. The van der Waals surface area contributed by atoms with E-state index in [1.54, 1.807) is 0 Å². The lowest BCUT2D eigenvalue weighted by molar-refractivity contribution is 0.00578. The molecular formula is C40H35BN2O2Si. The average Bonchev–Trinajstić information content (AvgIpc) is 3.51. The van der Waals surface area contributed by atoms with Crippen LogP contribution in [0.4, 0.5) is 0 Å². The number of benzene rings is 4. The van der Waals surface area contributed by atoms with Gasteiger partial charge in [-0.05, 0) is 55.7 Å². The lowest BCUT2D eigenvalue weighted by Gasteiger charge is -2.32. The zero-order chi connectivity index (χ0) is 31.5. The summed E-state index contributed by atoms with van der Waals surface area (Å²) in [6.45, 7) is 8.41. The quantitative estimate of drug-likeness (QED) is 0.242. The van der Waals surface area contributed by atoms with Crippen LogP contribution in [-0.2, 0) is 9.31 Å². The fourth-order valence-electron chi connectivity index (χ4n) is 6.88. The molecule has 4 aromatic carbocycles. The molecule has 1 fully saturated rings. The highest BCUT2D eigenvalue weighted by Gasteiger charge is 2.54. The maximum absolute atomic E-state index is 6.56. The Morgan fingerprint density at radius 1 is 0.500 bits per heavy atom. The predicted molar refractivity (Wildman–Crippen MR) is 191 cm³/mol. The van der Waals surface area contributed by atoms with Gasteiger partial charge in [-0.15, -0.1) is 0 Å². The van der Waals surface area contributed by atoms with Crippen molar-refractivity contribution in [1.29, 1.82) is 0 Å². The van der Waals surface area contributed by atoms with Crippen molar-refractivity contribution in [3.05, 3.63) is 140 Å². The van der Waals surface area contributed by atoms with Crippen LogP contribution in [0.5, 0.6) is 0 Å². The summed E-state index contributed by atoms with van der Waals surface area (Å²) in [5.41, 5.74) is 6.56. The zero-order valence-corrected chi connectivity index (χ0v) is 27.6. The topological polar surface area (TPSA) is 44.2 Å². The highest BCUT2D eigenvalue weighted by atomic mass is 28.3. The van der Waals surface area contributed by atoms with Crippen molar-refractivity contribution in [2.75, 3.05) is 0 Å². The molecule has 2 aliphatic rings. The third kappa shape index (κ3) is 4.43. The summed E-state index contributed by atoms with van der Waals surface area (Å²) in [6, 6.07) is 49.5. The molecule has 46 heavy (non-hydrogen) atoms. The summed E-state index contributed by atoms with van der Waals surface area (Å²) in [6.07, 6.45) is 0. The lowest BCUT2D eigenvalue weighted by Crippen LogP contribution is -2.74. The van der Waals surface area contributed by atoms with E-state index in [0.717, 1.165) is 49.7 Å². The highest BCUT2D eigenvalue weighted by Crippen LogP contribution is 2.37. The molecule has 2 aromatic heterocycles. The van der Waals surface area contributed by atoms with Crippen molar-refractivity contribution in [2.24, 2.45) is 0 Å². The largest absolute Gasteiger partial charge is 0.494 e. The van der Waals surface area contributed by atoms with E-state index in [4.69, 9.17) is 19.3 Å². The van der Waals surface area contributed by atoms with Gasteiger partial charge in [0, 0.05) is 32.9 Å². The van der Waals surface area contributed by atoms with Crippen LogP contribution in [0.3, 0.4) is 0 Å². The van der Waals surface area contributed by atoms with Gasteiger partial charge in [0.2, 0.25) is 8.07 Å². The van der Waals surface area contributed by atoms with Crippen molar-refractivity contribution in [1.82, 2.24) is 9.97 Å². The molecule has 0 unspecified atom stereocenters. The van der Waals surface area contributed by atoms with E-state index in [0.29, 0.717) is 0 Å². The van der Waals surface area contributed by atoms with Gasteiger partial charge in [0.1, 0.15) is 0 Å². The molecule has 4 heterocycles. The van der Waals surface area contributed by atoms with Gasteiger partial charge in [-0.1, -0.05) is 127 Å². The second-order valence-electron chi connectivity index (χ2n) is 13.2. The van der Waals surface area contributed by atoms with Crippen LogP contribution in [0, 0.1) is 0 Å². The van der Waals surface area contributed by atoms with Crippen LogP contribution in [-0.4, -0.2) is 36.4 Å². The second-order valence-corrected chi connectivity index (χ2v) is 16.8. The van der Waals surface area contributed by atoms with Crippen molar-refractivity contribution < 1.29 is 9.31 Å². The Hall–Kier alpha value is -4.62. The minimum absolute atomic E-state index is 0.437. The molecule has 1 saturated heterocycles. The average molecular weight is 615 g/mol. The Morgan fingerprint density at radius 2 is 0.957 bits per heavy atom. The summed E-state index contributed by atoms with van der Waals surface area (Å²) in [5, 5.41) is 4.68. The molecule has 0 saturated carbocycles. The van der Waals surface area contributed by atoms with Crippen LogP contribution < -0.4 is 26.5 Å². The van der Waals surface area contributed by atoms with Crippen molar-refractivity contribution in [3.63, 3.8) is 0 Å². The first-order valence-electron chi connectivity index (χ1n) is 15.9. The Balaban J connectivity index is 1.42. The van der Waals surface area contributed by atoms with E-state index < -0.39 is 26.4 Å². The minimum atomic E-state index is -3.04. The number of hydrogen-bond donors (Lipinski definition) is 0. The van der Waals surface area contributed by atoms with Gasteiger partial charge in [0.05, 0.1) is 22.6 Å². The van der Waals surface area contributed by atoms with Crippen LogP contribution in [0.2, 0.25) is 0 Å². The van der Waals surface area contributed by atoms with Gasteiger partial charge in [0.25, 0.3) is 0 Å². The predicted octanol–water partition coefficient (Wildman–Crippen LogP) is 5.47. The van der Waals surface area contributed by atoms with E-state index in [-0.39, 0.29) is 0 Å². The fourth-order valence-corrected chi connectivity index (χ4v) is 11.8. The van der Waals surface area contributed by atoms with E-state index in [2.05, 4.69) is 155 Å². The van der Waals surface area contributed by atoms with Crippen LogP contribution in [0.1, 0.15) is 27.7 Å². The van der Waals surface area contributed by atoms with Crippen molar-refractivity contribution >= 4 is 41.7 Å². The van der Waals surface area contributed by atoms with Crippen LogP contribution in [0.25, 0.3) is 33.6 Å². The van der Waals surface area contributed by atoms with Gasteiger partial charge >= 0.3 is 7.12 Å². The molecule has 0 amide bonds. The van der Waals surface area contributed by atoms with Crippen LogP contribution in [0.15, 0.2) is 140 Å². The molecule has 6 heteroatoms. The number of aromatic nitrogens is 2. The maximum Gasteiger partial charge on any atom is 0.494 e. The van der Waals surface area contributed by atoms with E-state index in [1.807, 2.05) is 12.1 Å². The second kappa shape index (κ2) is 10.7. The molecule has 8 rings (SSSR count). The summed E-state index contributed by atoms with van der Waals surface area (Å²) < 4.78 is 13.1. The molecule has 0 bridgehead atoms. The molecule has 224 valence electrons. The molecular weight excluding hydrogens is 579 g/mol. The minimum Gasteiger partial charge on any atom is -0.399 e. The molecule has 0 aliphatic carbocycles. The first kappa shape index (κ1) is 28.8. The number of hydrogen-bond acceptors (Lipinski definition) is 4. The summed E-state index contributed by atoms with van der Waals surface area (Å²) in [7, 11) is -3.51. The van der Waals surface area contributed by atoms with Crippen LogP contribution >= 0.6 is 0 Å². The molecule has 6 aromatic rings. The first-order chi connectivity index (χ1) is 22.3. The SMILES string of the molecule is CC1(C)OB(c2cccc([Si]3(c4ccccc4)c4nc(-c5ccccc5)ccc4-c4ccc(-c5ccccc5)nc43)c2)OC1(C)C. The van der Waals surface area contributed by atoms with Crippen molar-refractivity contribution in [3.8, 4) is 33.6 Å². The number of pyridine rings is 2. The maximum atomic E-state index is 6.56. The number of rotatable bonds is 5. The molecule has 0 atom stereocenters. The van der Waals surface area contributed by atoms with E-state index in [1.165, 1.54) is 10.4 Å². The highest BCUT2D eigenvalue weighted by molar-refractivity contribution is 7.21. The molecule has 0 radical (unpaired) electrons. The molecule has 4 nitrogen and oxygen atoms in total. The monoisotopic (exact) mass is 614 g/mol. The molecule has 0 N–H and O–H groups in total. The van der Waals surface area contributed by atoms with Gasteiger partial charge < -0.3 is 9.31 Å².